The van der Waals surface area contributed by atoms with Gasteiger partial charge < -0.3 is 4.74 Å². The van der Waals surface area contributed by atoms with Gasteiger partial charge in [-0.3, -0.25) is 4.79 Å². The van der Waals surface area contributed by atoms with Crippen LogP contribution in [0.15, 0.2) is 30.3 Å². The topological polar surface area (TPSA) is 26.3 Å². The Bertz CT molecular complexity index is 318. The van der Waals surface area contributed by atoms with Crippen molar-refractivity contribution in [3.8, 4) is 0 Å². The first-order valence-electron chi connectivity index (χ1n) is 4.48. The van der Waals surface area contributed by atoms with Crippen molar-refractivity contribution in [1.82, 2.24) is 0 Å². The van der Waals surface area contributed by atoms with Crippen molar-refractivity contribution in [2.24, 2.45) is 0 Å². The van der Waals surface area contributed by atoms with Gasteiger partial charge in [-0.15, -0.1) is 0 Å². The van der Waals surface area contributed by atoms with Gasteiger partial charge in [0.2, 0.25) is 0 Å². The molecule has 1 aromatic rings. The Morgan fingerprint density at radius 2 is 2.00 bits per heavy atom. The van der Waals surface area contributed by atoms with Crippen molar-refractivity contribution in [2.75, 3.05) is 0 Å². The molecule has 0 bridgehead atoms. The Kier molecular flexibility index (Phi) is 1.83. The number of rotatable bonds is 1. The number of carbonyl (C=O) groups excluding carboxylic acids is 1. The first kappa shape index (κ1) is 8.30. The van der Waals surface area contributed by atoms with E-state index in [0.29, 0.717) is 6.42 Å². The van der Waals surface area contributed by atoms with Gasteiger partial charge in [0.25, 0.3) is 0 Å². The number of carbonyl (C=O) groups is 1. The molecule has 1 aromatic carbocycles. The van der Waals surface area contributed by atoms with Gasteiger partial charge in [0.15, 0.2) is 0 Å². The van der Waals surface area contributed by atoms with Gasteiger partial charge in [-0.2, -0.15) is 0 Å². The standard InChI is InChI=1S/C11H12O2/c1-11(8-7-10(12)13-11)9-5-3-2-4-6-9/h2-6H,7-8H2,1H3. The van der Waals surface area contributed by atoms with Crippen LogP contribution in [0.4, 0.5) is 0 Å². The second kappa shape index (κ2) is 2.87. The third-order valence-electron chi connectivity index (χ3n) is 2.53. The lowest BCUT2D eigenvalue weighted by molar-refractivity contribution is -0.147. The molecular weight excluding hydrogens is 164 g/mol. The van der Waals surface area contributed by atoms with Crippen molar-refractivity contribution in [2.45, 2.75) is 25.4 Å². The van der Waals surface area contributed by atoms with Crippen LogP contribution in [0.2, 0.25) is 0 Å². The molecule has 0 spiro atoms. The van der Waals surface area contributed by atoms with Crippen LogP contribution in [0.25, 0.3) is 0 Å². The molecule has 1 fully saturated rings. The molecule has 1 unspecified atom stereocenters. The fourth-order valence-electron chi connectivity index (χ4n) is 1.69. The number of hydrogen-bond donors (Lipinski definition) is 0. The summed E-state index contributed by atoms with van der Waals surface area (Å²) in [6.07, 6.45) is 1.32. The maximum atomic E-state index is 11.0. The number of cyclic esters (lactones) is 1. The fourth-order valence-corrected chi connectivity index (χ4v) is 1.69. The molecule has 0 aromatic heterocycles. The van der Waals surface area contributed by atoms with Crippen LogP contribution < -0.4 is 0 Å². The van der Waals surface area contributed by atoms with Gasteiger partial charge in [-0.05, 0) is 12.5 Å². The minimum Gasteiger partial charge on any atom is -0.454 e. The van der Waals surface area contributed by atoms with Crippen LogP contribution in [0.3, 0.4) is 0 Å². The smallest absolute Gasteiger partial charge is 0.306 e. The van der Waals surface area contributed by atoms with E-state index in [1.165, 1.54) is 0 Å². The van der Waals surface area contributed by atoms with Crippen LogP contribution in [-0.4, -0.2) is 5.97 Å². The molecule has 13 heavy (non-hydrogen) atoms. The summed E-state index contributed by atoms with van der Waals surface area (Å²) in [4.78, 5) is 11.0. The van der Waals surface area contributed by atoms with E-state index in [1.54, 1.807) is 0 Å². The Labute approximate surface area is 77.5 Å². The molecular formula is C11H12O2. The predicted molar refractivity (Wildman–Crippen MR) is 49.1 cm³/mol. The lowest BCUT2D eigenvalue weighted by Crippen LogP contribution is -2.20. The largest absolute Gasteiger partial charge is 0.454 e. The highest BCUT2D eigenvalue weighted by Gasteiger charge is 2.36. The first-order chi connectivity index (χ1) is 6.21. The second-order valence-corrected chi connectivity index (χ2v) is 3.57. The molecule has 2 rings (SSSR count). The Morgan fingerprint density at radius 1 is 1.31 bits per heavy atom. The van der Waals surface area contributed by atoms with Crippen LogP contribution in [-0.2, 0) is 15.1 Å². The summed E-state index contributed by atoms with van der Waals surface area (Å²) in [6, 6.07) is 9.89. The van der Waals surface area contributed by atoms with E-state index in [9.17, 15) is 4.79 Å². The molecule has 0 amide bonds. The summed E-state index contributed by atoms with van der Waals surface area (Å²) in [7, 11) is 0. The molecule has 1 heterocycles. The first-order valence-corrected chi connectivity index (χ1v) is 4.48. The van der Waals surface area contributed by atoms with E-state index in [2.05, 4.69) is 0 Å². The van der Waals surface area contributed by atoms with E-state index in [0.717, 1.165) is 12.0 Å². The van der Waals surface area contributed by atoms with Gasteiger partial charge in [0.05, 0.1) is 0 Å². The monoisotopic (exact) mass is 176 g/mol. The maximum absolute atomic E-state index is 11.0. The highest BCUT2D eigenvalue weighted by molar-refractivity contribution is 5.72. The predicted octanol–water partition coefficient (Wildman–Crippen LogP) is 2.24. The van der Waals surface area contributed by atoms with Gasteiger partial charge >= 0.3 is 5.97 Å². The lowest BCUT2D eigenvalue weighted by atomic mass is 9.93. The van der Waals surface area contributed by atoms with E-state index in [1.807, 2.05) is 37.3 Å². The highest BCUT2D eigenvalue weighted by Crippen LogP contribution is 2.35. The average Bonchev–Trinajstić information content (AvgIpc) is 2.49. The Balaban J connectivity index is 2.31. The van der Waals surface area contributed by atoms with Crippen molar-refractivity contribution >= 4 is 5.97 Å². The zero-order valence-corrected chi connectivity index (χ0v) is 7.62. The molecule has 2 nitrogen and oxygen atoms in total. The van der Waals surface area contributed by atoms with Crippen LogP contribution >= 0.6 is 0 Å². The molecule has 1 aliphatic heterocycles. The molecule has 2 heteroatoms. The number of ether oxygens (including phenoxy) is 1. The highest BCUT2D eigenvalue weighted by atomic mass is 16.6. The Hall–Kier alpha value is -1.31. The van der Waals surface area contributed by atoms with Gasteiger partial charge in [-0.1, -0.05) is 30.3 Å². The summed E-state index contributed by atoms with van der Waals surface area (Å²) in [6.45, 7) is 1.97. The van der Waals surface area contributed by atoms with E-state index in [-0.39, 0.29) is 5.97 Å². The molecule has 0 aliphatic carbocycles. The minimum absolute atomic E-state index is 0.0913. The van der Waals surface area contributed by atoms with Crippen molar-refractivity contribution < 1.29 is 9.53 Å². The van der Waals surface area contributed by atoms with E-state index >= 15 is 0 Å². The summed E-state index contributed by atoms with van der Waals surface area (Å²) in [5.74, 6) is -0.0913. The quantitative estimate of drug-likeness (QED) is 0.613. The van der Waals surface area contributed by atoms with Crippen LogP contribution in [0, 0.1) is 0 Å². The average molecular weight is 176 g/mol. The molecule has 1 atom stereocenters. The zero-order valence-electron chi connectivity index (χ0n) is 7.62. The molecule has 0 radical (unpaired) electrons. The summed E-state index contributed by atoms with van der Waals surface area (Å²) in [5, 5.41) is 0. The molecule has 1 saturated heterocycles. The number of hydrogen-bond acceptors (Lipinski definition) is 2. The summed E-state index contributed by atoms with van der Waals surface area (Å²) >= 11 is 0. The molecule has 0 N–H and O–H groups in total. The maximum Gasteiger partial charge on any atom is 0.306 e. The zero-order chi connectivity index (χ0) is 9.31. The van der Waals surface area contributed by atoms with Gasteiger partial charge in [0, 0.05) is 12.8 Å². The minimum atomic E-state index is -0.391. The molecule has 1 aliphatic rings. The molecule has 0 saturated carbocycles. The van der Waals surface area contributed by atoms with E-state index < -0.39 is 5.60 Å². The number of benzene rings is 1. The third-order valence-corrected chi connectivity index (χ3v) is 2.53. The van der Waals surface area contributed by atoms with Crippen LogP contribution in [0.5, 0.6) is 0 Å². The fraction of sp³-hybridized carbons (Fsp3) is 0.364. The van der Waals surface area contributed by atoms with Gasteiger partial charge in [-0.25, -0.2) is 0 Å². The Morgan fingerprint density at radius 3 is 2.54 bits per heavy atom. The number of esters is 1. The van der Waals surface area contributed by atoms with Gasteiger partial charge in [0.1, 0.15) is 5.60 Å². The SMILES string of the molecule is CC1(c2ccccc2)CCC(=O)O1. The third kappa shape index (κ3) is 1.44. The lowest BCUT2D eigenvalue weighted by Gasteiger charge is -2.22. The summed E-state index contributed by atoms with van der Waals surface area (Å²) in [5.41, 5.74) is 0.694. The second-order valence-electron chi connectivity index (χ2n) is 3.57. The molecule has 68 valence electrons. The van der Waals surface area contributed by atoms with Crippen molar-refractivity contribution in [1.29, 1.82) is 0 Å². The van der Waals surface area contributed by atoms with Crippen molar-refractivity contribution in [3.05, 3.63) is 35.9 Å². The van der Waals surface area contributed by atoms with Crippen molar-refractivity contribution in [3.63, 3.8) is 0 Å². The summed E-state index contributed by atoms with van der Waals surface area (Å²) < 4.78 is 5.30. The normalized spacial score (nSPS) is 27.3. The van der Waals surface area contributed by atoms with E-state index in [4.69, 9.17) is 4.74 Å². The van der Waals surface area contributed by atoms with Crippen LogP contribution in [0.1, 0.15) is 25.3 Å².